The van der Waals surface area contributed by atoms with Crippen LogP contribution in [0.15, 0.2) is 35.7 Å². The molecule has 29 heavy (non-hydrogen) atoms. The summed E-state index contributed by atoms with van der Waals surface area (Å²) in [4.78, 5) is 48.6. The van der Waals surface area contributed by atoms with Gasteiger partial charge in [-0.1, -0.05) is 6.07 Å². The average Bonchev–Trinajstić information content (AvgIpc) is 3.39. The van der Waals surface area contributed by atoms with Crippen LogP contribution in [0.3, 0.4) is 0 Å². The topological polar surface area (TPSA) is 119 Å². The molecule has 1 fully saturated rings. The summed E-state index contributed by atoms with van der Waals surface area (Å²) in [6.07, 6.45) is 1.07. The van der Waals surface area contributed by atoms with Gasteiger partial charge in [0.1, 0.15) is 6.04 Å². The van der Waals surface area contributed by atoms with Crippen LogP contribution in [0.5, 0.6) is 0 Å². The van der Waals surface area contributed by atoms with Gasteiger partial charge < -0.3 is 15.0 Å². The van der Waals surface area contributed by atoms with E-state index in [0.717, 1.165) is 18.2 Å². The Morgan fingerprint density at radius 3 is 2.83 bits per heavy atom. The second kappa shape index (κ2) is 8.78. The third kappa shape index (κ3) is 4.74. The lowest BCUT2D eigenvalue weighted by atomic mass is 10.2. The molecule has 11 heteroatoms. The number of carbonyl (C=O) groups is 3. The third-order valence-corrected chi connectivity index (χ3v) is 5.15. The van der Waals surface area contributed by atoms with E-state index in [4.69, 9.17) is 4.74 Å². The van der Waals surface area contributed by atoms with Gasteiger partial charge in [0.15, 0.2) is 6.61 Å². The molecular weight excluding hydrogens is 405 g/mol. The number of nitrogens with one attached hydrogen (secondary N) is 1. The molecule has 1 aliphatic heterocycles. The Kier molecular flexibility index (Phi) is 6.17. The number of thiophene rings is 1. The maximum atomic E-state index is 13.3. The molecule has 1 aliphatic rings. The predicted octanol–water partition coefficient (Wildman–Crippen LogP) is 2.58. The van der Waals surface area contributed by atoms with Crippen LogP contribution >= 0.6 is 11.3 Å². The Morgan fingerprint density at radius 2 is 2.14 bits per heavy atom. The maximum Gasteiger partial charge on any atom is 0.329 e. The summed E-state index contributed by atoms with van der Waals surface area (Å²) in [5, 5.41) is 14.8. The summed E-state index contributed by atoms with van der Waals surface area (Å²) in [7, 11) is 0. The van der Waals surface area contributed by atoms with Crippen molar-refractivity contribution in [1.82, 2.24) is 4.90 Å². The lowest BCUT2D eigenvalue weighted by Gasteiger charge is -2.22. The number of esters is 1. The van der Waals surface area contributed by atoms with Crippen molar-refractivity contribution in [2.45, 2.75) is 18.9 Å². The molecule has 1 atom stereocenters. The van der Waals surface area contributed by atoms with Crippen LogP contribution in [-0.4, -0.2) is 46.8 Å². The van der Waals surface area contributed by atoms with Crippen molar-refractivity contribution in [2.24, 2.45) is 0 Å². The quantitative estimate of drug-likeness (QED) is 0.435. The molecule has 0 spiro atoms. The van der Waals surface area contributed by atoms with Gasteiger partial charge in [0.05, 0.1) is 9.80 Å². The summed E-state index contributed by atoms with van der Waals surface area (Å²) in [5.41, 5.74) is -0.789. The number of nitro groups is 1. The number of anilines is 1. The van der Waals surface area contributed by atoms with E-state index >= 15 is 0 Å². The SMILES string of the molecule is O=C(COC(=O)C1CCCN1C(=O)c1cccs1)Nc1ccc(F)c([N+](=O)[O-])c1. The highest BCUT2D eigenvalue weighted by Gasteiger charge is 2.36. The molecule has 0 radical (unpaired) electrons. The zero-order valence-electron chi connectivity index (χ0n) is 15.0. The molecule has 2 aromatic rings. The fraction of sp³-hybridized carbons (Fsp3) is 0.278. The Balaban J connectivity index is 1.56. The van der Waals surface area contributed by atoms with Gasteiger partial charge in [-0.3, -0.25) is 19.7 Å². The van der Waals surface area contributed by atoms with E-state index < -0.39 is 41.0 Å². The number of rotatable bonds is 6. The molecule has 9 nitrogen and oxygen atoms in total. The molecule has 1 unspecified atom stereocenters. The number of hydrogen-bond acceptors (Lipinski definition) is 7. The van der Waals surface area contributed by atoms with Gasteiger partial charge in [-0.25, -0.2) is 4.79 Å². The van der Waals surface area contributed by atoms with Crippen LogP contribution in [0.25, 0.3) is 0 Å². The van der Waals surface area contributed by atoms with Crippen LogP contribution < -0.4 is 5.32 Å². The first kappa shape index (κ1) is 20.4. The number of likely N-dealkylation sites (tertiary alicyclic amines) is 1. The van der Waals surface area contributed by atoms with Gasteiger partial charge in [-0.05, 0) is 36.4 Å². The van der Waals surface area contributed by atoms with Gasteiger partial charge in [0.2, 0.25) is 5.82 Å². The monoisotopic (exact) mass is 421 g/mol. The molecule has 0 saturated carbocycles. The van der Waals surface area contributed by atoms with Crippen molar-refractivity contribution >= 4 is 40.5 Å². The summed E-state index contributed by atoms with van der Waals surface area (Å²) in [6, 6.07) is 5.51. The van der Waals surface area contributed by atoms with Crippen molar-refractivity contribution in [3.8, 4) is 0 Å². The molecule has 1 aromatic heterocycles. The fourth-order valence-electron chi connectivity index (χ4n) is 2.96. The number of hydrogen-bond donors (Lipinski definition) is 1. The van der Waals surface area contributed by atoms with Crippen molar-refractivity contribution in [1.29, 1.82) is 0 Å². The second-order valence-electron chi connectivity index (χ2n) is 6.21. The molecular formula is C18H16FN3O6S. The number of halogens is 1. The summed E-state index contributed by atoms with van der Waals surface area (Å²) in [6.45, 7) is -0.219. The molecule has 3 rings (SSSR count). The molecule has 1 saturated heterocycles. The molecule has 1 N–H and O–H groups in total. The third-order valence-electron chi connectivity index (χ3n) is 4.29. The van der Waals surface area contributed by atoms with Gasteiger partial charge in [-0.2, -0.15) is 4.39 Å². The van der Waals surface area contributed by atoms with E-state index in [9.17, 15) is 28.9 Å². The van der Waals surface area contributed by atoms with Crippen LogP contribution in [0.2, 0.25) is 0 Å². The standard InChI is InChI=1S/C18H16FN3O6S/c19-12-6-5-11(9-14(12)22(26)27)20-16(23)10-28-18(25)13-3-1-7-21(13)17(24)15-4-2-8-29-15/h2,4-6,8-9,13H,1,3,7,10H2,(H,20,23). The zero-order valence-corrected chi connectivity index (χ0v) is 15.8. The Morgan fingerprint density at radius 1 is 1.34 bits per heavy atom. The minimum Gasteiger partial charge on any atom is -0.454 e. The average molecular weight is 421 g/mol. The van der Waals surface area contributed by atoms with E-state index in [2.05, 4.69) is 5.32 Å². The minimum atomic E-state index is -1.03. The molecule has 2 heterocycles. The van der Waals surface area contributed by atoms with Crippen molar-refractivity contribution < 1.29 is 28.4 Å². The van der Waals surface area contributed by atoms with Gasteiger partial charge in [0, 0.05) is 18.3 Å². The lowest BCUT2D eigenvalue weighted by molar-refractivity contribution is -0.387. The Bertz CT molecular complexity index is 949. The van der Waals surface area contributed by atoms with E-state index in [1.165, 1.54) is 16.2 Å². The smallest absolute Gasteiger partial charge is 0.329 e. The second-order valence-corrected chi connectivity index (χ2v) is 7.16. The number of carbonyl (C=O) groups excluding carboxylic acids is 3. The number of amides is 2. The van der Waals surface area contributed by atoms with Crippen LogP contribution in [-0.2, 0) is 14.3 Å². The molecule has 0 bridgehead atoms. The van der Waals surface area contributed by atoms with E-state index in [1.54, 1.807) is 17.5 Å². The normalized spacial score (nSPS) is 15.8. The fourth-order valence-corrected chi connectivity index (χ4v) is 3.64. The molecule has 0 aliphatic carbocycles. The minimum absolute atomic E-state index is 0.00508. The summed E-state index contributed by atoms with van der Waals surface area (Å²) >= 11 is 1.27. The van der Waals surface area contributed by atoms with E-state index in [1.807, 2.05) is 0 Å². The highest BCUT2D eigenvalue weighted by molar-refractivity contribution is 7.12. The first-order valence-corrected chi connectivity index (χ1v) is 9.49. The predicted molar refractivity (Wildman–Crippen MR) is 101 cm³/mol. The first-order chi connectivity index (χ1) is 13.9. The lowest BCUT2D eigenvalue weighted by Crippen LogP contribution is -2.41. The Labute approximate surface area is 168 Å². The van der Waals surface area contributed by atoms with Crippen molar-refractivity contribution in [2.75, 3.05) is 18.5 Å². The highest BCUT2D eigenvalue weighted by atomic mass is 32.1. The molecule has 152 valence electrons. The zero-order chi connectivity index (χ0) is 21.0. The number of benzene rings is 1. The summed E-state index contributed by atoms with van der Waals surface area (Å²) in [5.74, 6) is -2.74. The van der Waals surface area contributed by atoms with Gasteiger partial charge >= 0.3 is 11.7 Å². The maximum absolute atomic E-state index is 13.3. The largest absolute Gasteiger partial charge is 0.454 e. The van der Waals surface area contributed by atoms with Gasteiger partial charge in [0.25, 0.3) is 11.8 Å². The number of nitrogens with zero attached hydrogens (tertiary/aromatic N) is 2. The van der Waals surface area contributed by atoms with Crippen LogP contribution in [0.1, 0.15) is 22.5 Å². The van der Waals surface area contributed by atoms with E-state index in [-0.39, 0.29) is 11.6 Å². The number of ether oxygens (including phenoxy) is 1. The van der Waals surface area contributed by atoms with Crippen molar-refractivity contribution in [3.63, 3.8) is 0 Å². The highest BCUT2D eigenvalue weighted by Crippen LogP contribution is 2.24. The Hall–Kier alpha value is -3.34. The molecule has 1 aromatic carbocycles. The van der Waals surface area contributed by atoms with Gasteiger partial charge in [-0.15, -0.1) is 11.3 Å². The van der Waals surface area contributed by atoms with E-state index in [0.29, 0.717) is 24.3 Å². The van der Waals surface area contributed by atoms with Crippen LogP contribution in [0.4, 0.5) is 15.8 Å². The van der Waals surface area contributed by atoms with Crippen molar-refractivity contribution in [3.05, 3.63) is 56.5 Å². The molecule has 2 amide bonds. The number of nitro benzene ring substituents is 1. The first-order valence-electron chi connectivity index (χ1n) is 8.61. The van der Waals surface area contributed by atoms with Crippen LogP contribution in [0, 0.1) is 15.9 Å². The summed E-state index contributed by atoms with van der Waals surface area (Å²) < 4.78 is 18.3.